The van der Waals surface area contributed by atoms with Gasteiger partial charge in [-0.25, -0.2) is 4.79 Å². The van der Waals surface area contributed by atoms with Crippen LogP contribution in [0.1, 0.15) is 31.7 Å². The molecule has 3 rings (SSSR count). The van der Waals surface area contributed by atoms with Gasteiger partial charge in [-0.3, -0.25) is 9.69 Å². The second-order valence-electron chi connectivity index (χ2n) is 6.28. The quantitative estimate of drug-likeness (QED) is 0.865. The summed E-state index contributed by atoms with van der Waals surface area (Å²) in [6, 6.07) is 9.15. The third-order valence-corrected chi connectivity index (χ3v) is 4.71. The lowest BCUT2D eigenvalue weighted by molar-refractivity contribution is -0.131. The molecule has 2 saturated heterocycles. The van der Waals surface area contributed by atoms with Gasteiger partial charge in [0.2, 0.25) is 0 Å². The zero-order valence-corrected chi connectivity index (χ0v) is 13.0. The molecule has 2 aliphatic rings. The van der Waals surface area contributed by atoms with Crippen LogP contribution in [0.2, 0.25) is 0 Å². The molecule has 0 unspecified atom stereocenters. The molecule has 1 aromatic carbocycles. The molecule has 22 heavy (non-hydrogen) atoms. The van der Waals surface area contributed by atoms with Gasteiger partial charge in [-0.1, -0.05) is 36.8 Å². The summed E-state index contributed by atoms with van der Waals surface area (Å²) in [5, 5.41) is 2.85. The Hall–Kier alpha value is -1.88. The van der Waals surface area contributed by atoms with E-state index in [1.165, 1.54) is 24.2 Å². The third kappa shape index (κ3) is 2.73. The molecule has 0 aromatic heterocycles. The average molecular weight is 301 g/mol. The van der Waals surface area contributed by atoms with E-state index in [0.29, 0.717) is 6.54 Å². The van der Waals surface area contributed by atoms with Gasteiger partial charge in [0.25, 0.3) is 5.91 Å². The Labute approximate surface area is 131 Å². The lowest BCUT2D eigenvalue weighted by Crippen LogP contribution is -2.42. The summed E-state index contributed by atoms with van der Waals surface area (Å²) in [5.41, 5.74) is -0.117. The van der Waals surface area contributed by atoms with Gasteiger partial charge in [-0.2, -0.15) is 0 Å². The highest BCUT2D eigenvalue weighted by Crippen LogP contribution is 2.28. The van der Waals surface area contributed by atoms with Crippen molar-refractivity contribution in [1.29, 1.82) is 0 Å². The molecule has 1 atom stereocenters. The smallest absolute Gasteiger partial charge is 0.319 e. The number of carbonyl (C=O) groups excluding carboxylic acids is 2. The number of amides is 3. The van der Waals surface area contributed by atoms with Crippen molar-refractivity contribution in [3.8, 4) is 0 Å². The molecule has 2 heterocycles. The van der Waals surface area contributed by atoms with E-state index in [-0.39, 0.29) is 11.9 Å². The highest BCUT2D eigenvalue weighted by molar-refractivity contribution is 6.07. The van der Waals surface area contributed by atoms with Gasteiger partial charge in [0.15, 0.2) is 0 Å². The first-order valence-corrected chi connectivity index (χ1v) is 8.03. The number of likely N-dealkylation sites (tertiary alicyclic amines) is 1. The summed E-state index contributed by atoms with van der Waals surface area (Å²) in [4.78, 5) is 28.7. The number of imide groups is 1. The van der Waals surface area contributed by atoms with Gasteiger partial charge in [-0.05, 0) is 38.4 Å². The number of urea groups is 1. The standard InChI is InChI=1S/C17H23N3O2/c1-17(14-8-4-2-5-9-14)15(21)20(16(22)18-17)13-12-19-10-6-3-7-11-19/h2,4-5,8-9H,3,6-7,10-13H2,1H3,(H,18,22)/t17-/m1/s1. The van der Waals surface area contributed by atoms with E-state index in [4.69, 9.17) is 0 Å². The van der Waals surface area contributed by atoms with Crippen molar-refractivity contribution in [2.45, 2.75) is 31.7 Å². The van der Waals surface area contributed by atoms with E-state index in [1.807, 2.05) is 30.3 Å². The number of hydrogen-bond donors (Lipinski definition) is 1. The van der Waals surface area contributed by atoms with Crippen LogP contribution in [0.4, 0.5) is 4.79 Å². The number of rotatable bonds is 4. The number of benzene rings is 1. The van der Waals surface area contributed by atoms with Crippen molar-refractivity contribution in [3.63, 3.8) is 0 Å². The molecule has 3 amide bonds. The Bertz CT molecular complexity index is 554. The van der Waals surface area contributed by atoms with E-state index >= 15 is 0 Å². The maximum absolute atomic E-state index is 12.7. The highest BCUT2D eigenvalue weighted by Gasteiger charge is 2.48. The van der Waals surface area contributed by atoms with Crippen LogP contribution in [0.15, 0.2) is 30.3 Å². The molecule has 2 fully saturated rings. The minimum absolute atomic E-state index is 0.152. The van der Waals surface area contributed by atoms with Crippen LogP contribution in [0, 0.1) is 0 Å². The van der Waals surface area contributed by atoms with E-state index < -0.39 is 5.54 Å². The van der Waals surface area contributed by atoms with Gasteiger partial charge < -0.3 is 10.2 Å². The van der Waals surface area contributed by atoms with Gasteiger partial charge in [-0.15, -0.1) is 0 Å². The maximum atomic E-state index is 12.7. The molecule has 1 N–H and O–H groups in total. The fourth-order valence-electron chi connectivity index (χ4n) is 3.29. The first-order valence-electron chi connectivity index (χ1n) is 8.03. The van der Waals surface area contributed by atoms with E-state index in [0.717, 1.165) is 25.2 Å². The van der Waals surface area contributed by atoms with Crippen LogP contribution in [-0.4, -0.2) is 47.9 Å². The Morgan fingerprint density at radius 3 is 2.41 bits per heavy atom. The fourth-order valence-corrected chi connectivity index (χ4v) is 3.29. The predicted molar refractivity (Wildman–Crippen MR) is 84.3 cm³/mol. The zero-order chi connectivity index (χ0) is 15.6. The van der Waals surface area contributed by atoms with Crippen molar-refractivity contribution in [2.75, 3.05) is 26.2 Å². The number of carbonyl (C=O) groups is 2. The largest absolute Gasteiger partial charge is 0.325 e. The van der Waals surface area contributed by atoms with Crippen molar-refractivity contribution in [1.82, 2.24) is 15.1 Å². The number of piperidine rings is 1. The lowest BCUT2D eigenvalue weighted by Gasteiger charge is -2.28. The molecule has 118 valence electrons. The minimum Gasteiger partial charge on any atom is -0.319 e. The molecule has 0 spiro atoms. The normalized spacial score (nSPS) is 26.3. The number of hydrogen-bond acceptors (Lipinski definition) is 3. The van der Waals surface area contributed by atoms with Crippen LogP contribution in [0.25, 0.3) is 0 Å². The summed E-state index contributed by atoms with van der Waals surface area (Å²) in [5.74, 6) is -0.152. The first kappa shape index (κ1) is 15.0. The maximum Gasteiger partial charge on any atom is 0.325 e. The predicted octanol–water partition coefficient (Wildman–Crippen LogP) is 1.94. The molecular weight excluding hydrogens is 278 g/mol. The molecular formula is C17H23N3O2. The molecule has 2 aliphatic heterocycles. The van der Waals surface area contributed by atoms with Gasteiger partial charge in [0, 0.05) is 13.1 Å². The van der Waals surface area contributed by atoms with Crippen molar-refractivity contribution < 1.29 is 9.59 Å². The second-order valence-corrected chi connectivity index (χ2v) is 6.28. The van der Waals surface area contributed by atoms with Gasteiger partial charge >= 0.3 is 6.03 Å². The highest BCUT2D eigenvalue weighted by atomic mass is 16.2. The van der Waals surface area contributed by atoms with Crippen LogP contribution in [-0.2, 0) is 10.3 Å². The Morgan fingerprint density at radius 2 is 1.73 bits per heavy atom. The topological polar surface area (TPSA) is 52.7 Å². The minimum atomic E-state index is -0.944. The van der Waals surface area contributed by atoms with E-state index in [2.05, 4.69) is 10.2 Å². The number of nitrogens with one attached hydrogen (secondary N) is 1. The summed E-state index contributed by atoms with van der Waals surface area (Å²) in [6.45, 7) is 5.15. The molecule has 1 aromatic rings. The Balaban J connectivity index is 1.69. The molecule has 0 radical (unpaired) electrons. The number of nitrogens with zero attached hydrogens (tertiary/aromatic N) is 2. The Morgan fingerprint density at radius 1 is 1.05 bits per heavy atom. The van der Waals surface area contributed by atoms with E-state index in [9.17, 15) is 9.59 Å². The Kier molecular flexibility index (Phi) is 4.16. The van der Waals surface area contributed by atoms with Crippen molar-refractivity contribution in [2.24, 2.45) is 0 Å². The monoisotopic (exact) mass is 301 g/mol. The zero-order valence-electron chi connectivity index (χ0n) is 13.0. The SMILES string of the molecule is C[C@]1(c2ccccc2)NC(=O)N(CCN2CCCCC2)C1=O. The van der Waals surface area contributed by atoms with Crippen LogP contribution in [0.5, 0.6) is 0 Å². The van der Waals surface area contributed by atoms with Crippen LogP contribution < -0.4 is 5.32 Å². The molecule has 0 bridgehead atoms. The van der Waals surface area contributed by atoms with Crippen LogP contribution in [0.3, 0.4) is 0 Å². The van der Waals surface area contributed by atoms with Crippen LogP contribution >= 0.6 is 0 Å². The van der Waals surface area contributed by atoms with Gasteiger partial charge in [0.05, 0.1) is 0 Å². The molecule has 0 saturated carbocycles. The summed E-state index contributed by atoms with van der Waals surface area (Å²) >= 11 is 0. The average Bonchev–Trinajstić information content (AvgIpc) is 2.78. The third-order valence-electron chi connectivity index (χ3n) is 4.71. The first-order chi connectivity index (χ1) is 10.6. The molecule has 0 aliphatic carbocycles. The summed E-state index contributed by atoms with van der Waals surface area (Å²) < 4.78 is 0. The molecule has 5 heteroatoms. The fraction of sp³-hybridized carbons (Fsp3) is 0.529. The summed E-state index contributed by atoms with van der Waals surface area (Å²) in [7, 11) is 0. The van der Waals surface area contributed by atoms with Gasteiger partial charge in [0.1, 0.15) is 5.54 Å². The summed E-state index contributed by atoms with van der Waals surface area (Å²) in [6.07, 6.45) is 3.70. The van der Waals surface area contributed by atoms with Crippen molar-refractivity contribution in [3.05, 3.63) is 35.9 Å². The molecule has 5 nitrogen and oxygen atoms in total. The van der Waals surface area contributed by atoms with E-state index in [1.54, 1.807) is 6.92 Å². The lowest BCUT2D eigenvalue weighted by atomic mass is 9.92. The van der Waals surface area contributed by atoms with Crippen molar-refractivity contribution >= 4 is 11.9 Å². The second kappa shape index (κ2) is 6.08.